The summed E-state index contributed by atoms with van der Waals surface area (Å²) in [7, 11) is 0. The second-order valence-electron chi connectivity index (χ2n) is 3.48. The van der Waals surface area contributed by atoms with Gasteiger partial charge >= 0.3 is 0 Å². The maximum atomic E-state index is 12.8. The van der Waals surface area contributed by atoms with Gasteiger partial charge in [-0.15, -0.1) is 0 Å². The average molecular weight is 180 g/mol. The molecule has 0 spiro atoms. The van der Waals surface area contributed by atoms with Crippen LogP contribution < -0.4 is 4.74 Å². The van der Waals surface area contributed by atoms with E-state index in [1.54, 1.807) is 12.1 Å². The summed E-state index contributed by atoms with van der Waals surface area (Å²) < 4.78 is 18.4. The van der Waals surface area contributed by atoms with Gasteiger partial charge in [-0.3, -0.25) is 0 Å². The van der Waals surface area contributed by atoms with Gasteiger partial charge in [0.2, 0.25) is 0 Å². The number of hydrogen-bond acceptors (Lipinski definition) is 1. The zero-order valence-corrected chi connectivity index (χ0v) is 7.50. The molecule has 0 atom stereocenters. The first-order valence-electron chi connectivity index (χ1n) is 4.77. The minimum Gasteiger partial charge on any atom is -0.490 e. The van der Waals surface area contributed by atoms with E-state index < -0.39 is 0 Å². The molecule has 0 amide bonds. The first-order valence-corrected chi connectivity index (χ1v) is 4.77. The fourth-order valence-corrected chi connectivity index (χ4v) is 1.74. The van der Waals surface area contributed by atoms with Gasteiger partial charge in [-0.2, -0.15) is 0 Å². The molecule has 0 aromatic heterocycles. The molecule has 2 rings (SSSR count). The maximum Gasteiger partial charge on any atom is 0.126 e. The van der Waals surface area contributed by atoms with Gasteiger partial charge in [0.05, 0.1) is 6.10 Å². The van der Waals surface area contributed by atoms with E-state index in [0.717, 1.165) is 12.8 Å². The van der Waals surface area contributed by atoms with Gasteiger partial charge in [-0.1, -0.05) is 6.07 Å². The molecule has 0 aliphatic heterocycles. The van der Waals surface area contributed by atoms with Crippen LogP contribution in [0.15, 0.2) is 24.3 Å². The lowest BCUT2D eigenvalue weighted by Crippen LogP contribution is -2.10. The van der Waals surface area contributed by atoms with Crippen LogP contribution in [0.4, 0.5) is 4.39 Å². The Bertz CT molecular complexity index is 279. The Labute approximate surface area is 77.5 Å². The van der Waals surface area contributed by atoms with Crippen molar-refractivity contribution < 1.29 is 9.13 Å². The molecule has 0 bridgehead atoms. The summed E-state index contributed by atoms with van der Waals surface area (Å²) in [6, 6.07) is 6.36. The molecule has 1 saturated carbocycles. The predicted octanol–water partition coefficient (Wildman–Crippen LogP) is 3.15. The topological polar surface area (TPSA) is 9.23 Å². The van der Waals surface area contributed by atoms with Crippen molar-refractivity contribution in [2.24, 2.45) is 0 Å². The summed E-state index contributed by atoms with van der Waals surface area (Å²) in [6.45, 7) is 0. The Morgan fingerprint density at radius 2 is 2.00 bits per heavy atom. The highest BCUT2D eigenvalue weighted by atomic mass is 19.1. The van der Waals surface area contributed by atoms with Crippen molar-refractivity contribution >= 4 is 0 Å². The molecule has 0 N–H and O–H groups in total. The molecular formula is C11H13FO. The Balaban J connectivity index is 2.00. The van der Waals surface area contributed by atoms with Gasteiger partial charge < -0.3 is 4.74 Å². The number of hydrogen-bond donors (Lipinski definition) is 0. The van der Waals surface area contributed by atoms with Crippen molar-refractivity contribution in [1.82, 2.24) is 0 Å². The molecule has 0 heterocycles. The first kappa shape index (κ1) is 8.54. The lowest BCUT2D eigenvalue weighted by Gasteiger charge is -2.12. The summed E-state index contributed by atoms with van der Waals surface area (Å²) in [5.74, 6) is 0.433. The number of halogens is 1. The normalized spacial score (nSPS) is 17.6. The van der Waals surface area contributed by atoms with Crippen LogP contribution >= 0.6 is 0 Å². The molecule has 1 aromatic carbocycles. The summed E-state index contributed by atoms with van der Waals surface area (Å²) >= 11 is 0. The van der Waals surface area contributed by atoms with Gasteiger partial charge in [0, 0.05) is 6.07 Å². The van der Waals surface area contributed by atoms with E-state index in [2.05, 4.69) is 0 Å². The molecule has 1 aromatic rings. The minimum absolute atomic E-state index is 0.226. The van der Waals surface area contributed by atoms with E-state index in [4.69, 9.17) is 4.74 Å². The van der Waals surface area contributed by atoms with E-state index >= 15 is 0 Å². The zero-order chi connectivity index (χ0) is 9.10. The quantitative estimate of drug-likeness (QED) is 0.679. The van der Waals surface area contributed by atoms with E-state index in [1.807, 2.05) is 0 Å². The van der Waals surface area contributed by atoms with Crippen LogP contribution in [-0.4, -0.2) is 6.10 Å². The van der Waals surface area contributed by atoms with Crippen LogP contribution in [0.1, 0.15) is 25.7 Å². The zero-order valence-electron chi connectivity index (χ0n) is 7.50. The van der Waals surface area contributed by atoms with Gasteiger partial charge in [-0.05, 0) is 37.8 Å². The second kappa shape index (κ2) is 3.77. The van der Waals surface area contributed by atoms with Crippen LogP contribution in [0.5, 0.6) is 5.75 Å². The molecule has 70 valence electrons. The predicted molar refractivity (Wildman–Crippen MR) is 49.3 cm³/mol. The lowest BCUT2D eigenvalue weighted by molar-refractivity contribution is 0.209. The van der Waals surface area contributed by atoms with E-state index in [1.165, 1.54) is 25.0 Å². The number of rotatable bonds is 2. The summed E-state index contributed by atoms with van der Waals surface area (Å²) in [5, 5.41) is 0. The standard InChI is InChI=1S/C11H13FO/c12-9-4-3-7-11(8-9)13-10-5-1-2-6-10/h3-4,7-8,10H,1-2,5-6H2. The Kier molecular flexibility index (Phi) is 2.48. The molecule has 1 aliphatic rings. The summed E-state index contributed by atoms with van der Waals surface area (Å²) in [5.41, 5.74) is 0. The third-order valence-corrected chi connectivity index (χ3v) is 2.40. The van der Waals surface area contributed by atoms with Crippen molar-refractivity contribution in [1.29, 1.82) is 0 Å². The smallest absolute Gasteiger partial charge is 0.126 e. The van der Waals surface area contributed by atoms with Gasteiger partial charge in [0.1, 0.15) is 11.6 Å². The molecule has 0 radical (unpaired) electrons. The second-order valence-corrected chi connectivity index (χ2v) is 3.48. The van der Waals surface area contributed by atoms with Crippen molar-refractivity contribution in [3.05, 3.63) is 30.1 Å². The fourth-order valence-electron chi connectivity index (χ4n) is 1.74. The monoisotopic (exact) mass is 180 g/mol. The highest BCUT2D eigenvalue weighted by molar-refractivity contribution is 5.22. The Hall–Kier alpha value is -1.05. The van der Waals surface area contributed by atoms with Crippen LogP contribution in [0.2, 0.25) is 0 Å². The molecule has 1 aliphatic carbocycles. The van der Waals surface area contributed by atoms with E-state index in [0.29, 0.717) is 11.9 Å². The van der Waals surface area contributed by atoms with Gasteiger partial charge in [0.25, 0.3) is 0 Å². The highest BCUT2D eigenvalue weighted by Crippen LogP contribution is 2.24. The SMILES string of the molecule is Fc1cccc(OC2CCCC2)c1. The summed E-state index contributed by atoms with van der Waals surface area (Å²) in [6.07, 6.45) is 4.99. The third kappa shape index (κ3) is 2.20. The third-order valence-electron chi connectivity index (χ3n) is 2.40. The average Bonchev–Trinajstić information content (AvgIpc) is 2.57. The summed E-state index contributed by atoms with van der Waals surface area (Å²) in [4.78, 5) is 0. The van der Waals surface area contributed by atoms with Crippen molar-refractivity contribution in [2.45, 2.75) is 31.8 Å². The Morgan fingerprint density at radius 3 is 2.69 bits per heavy atom. The Morgan fingerprint density at radius 1 is 1.23 bits per heavy atom. The molecule has 1 nitrogen and oxygen atoms in total. The van der Waals surface area contributed by atoms with E-state index in [9.17, 15) is 4.39 Å². The van der Waals surface area contributed by atoms with Crippen molar-refractivity contribution in [3.8, 4) is 5.75 Å². The lowest BCUT2D eigenvalue weighted by atomic mass is 10.3. The largest absolute Gasteiger partial charge is 0.490 e. The molecule has 2 heteroatoms. The highest BCUT2D eigenvalue weighted by Gasteiger charge is 2.16. The van der Waals surface area contributed by atoms with Crippen LogP contribution in [-0.2, 0) is 0 Å². The van der Waals surface area contributed by atoms with Gasteiger partial charge in [-0.25, -0.2) is 4.39 Å². The number of ether oxygens (including phenoxy) is 1. The minimum atomic E-state index is -0.226. The fraction of sp³-hybridized carbons (Fsp3) is 0.455. The van der Waals surface area contributed by atoms with Crippen molar-refractivity contribution in [3.63, 3.8) is 0 Å². The molecule has 0 unspecified atom stereocenters. The maximum absolute atomic E-state index is 12.8. The molecule has 0 saturated heterocycles. The molecule has 1 fully saturated rings. The van der Waals surface area contributed by atoms with Gasteiger partial charge in [0.15, 0.2) is 0 Å². The molecule has 13 heavy (non-hydrogen) atoms. The van der Waals surface area contributed by atoms with Crippen LogP contribution in [0, 0.1) is 5.82 Å². The first-order chi connectivity index (χ1) is 6.34. The van der Waals surface area contributed by atoms with Crippen molar-refractivity contribution in [2.75, 3.05) is 0 Å². The number of benzene rings is 1. The van der Waals surface area contributed by atoms with Crippen LogP contribution in [0.3, 0.4) is 0 Å². The van der Waals surface area contributed by atoms with E-state index in [-0.39, 0.29) is 5.82 Å². The molecular weight excluding hydrogens is 167 g/mol. The van der Waals surface area contributed by atoms with Crippen LogP contribution in [0.25, 0.3) is 0 Å².